The molecule has 0 unspecified atom stereocenters. The van der Waals surface area contributed by atoms with E-state index in [1.165, 1.54) is 12.8 Å². The lowest BCUT2D eigenvalue weighted by Crippen LogP contribution is -2.17. The number of halogens is 1. The Morgan fingerprint density at radius 1 is 1.23 bits per heavy atom. The summed E-state index contributed by atoms with van der Waals surface area (Å²) in [6.07, 6.45) is 2.36. The second-order valence-corrected chi connectivity index (χ2v) is 7.38. The van der Waals surface area contributed by atoms with E-state index >= 15 is 0 Å². The van der Waals surface area contributed by atoms with E-state index in [9.17, 15) is 0 Å². The molecule has 22 heavy (non-hydrogen) atoms. The Kier molecular flexibility index (Phi) is 5.23. The Morgan fingerprint density at radius 3 is 2.82 bits per heavy atom. The topological polar surface area (TPSA) is 41.4 Å². The van der Waals surface area contributed by atoms with Gasteiger partial charge in [-0.2, -0.15) is 5.10 Å². The van der Waals surface area contributed by atoms with Gasteiger partial charge in [-0.3, -0.25) is 0 Å². The van der Waals surface area contributed by atoms with Crippen LogP contribution in [0.4, 0.5) is 11.4 Å². The quantitative estimate of drug-likeness (QED) is 0.711. The van der Waals surface area contributed by atoms with Gasteiger partial charge in [0, 0.05) is 11.8 Å². The average molecular weight is 351 g/mol. The minimum Gasteiger partial charge on any atom is -0.229 e. The molecule has 1 aromatic heterocycles. The van der Waals surface area contributed by atoms with Gasteiger partial charge in [-0.05, 0) is 30.3 Å². The number of unbranched alkanes of at least 4 members (excludes halogenated alkanes) is 1. The summed E-state index contributed by atoms with van der Waals surface area (Å²) in [6.45, 7) is 2.19. The summed E-state index contributed by atoms with van der Waals surface area (Å²) in [5, 5.41) is 16.0. The zero-order valence-corrected chi connectivity index (χ0v) is 14.5. The van der Waals surface area contributed by atoms with Crippen LogP contribution < -0.4 is 5.01 Å². The first-order chi connectivity index (χ1) is 10.8. The van der Waals surface area contributed by atoms with Crippen LogP contribution in [-0.2, 0) is 0 Å². The van der Waals surface area contributed by atoms with Crippen LogP contribution >= 0.6 is 35.1 Å². The summed E-state index contributed by atoms with van der Waals surface area (Å²) in [7, 11) is 0. The van der Waals surface area contributed by atoms with Gasteiger partial charge in [0.15, 0.2) is 14.6 Å². The largest absolute Gasteiger partial charge is 0.229 e. The Labute approximate surface area is 143 Å². The molecule has 0 N–H and O–H groups in total. The number of thioether (sulfide) groups is 2. The number of benzene rings is 1. The van der Waals surface area contributed by atoms with Crippen molar-refractivity contribution in [2.24, 2.45) is 5.10 Å². The molecule has 0 fully saturated rings. The van der Waals surface area contributed by atoms with E-state index in [2.05, 4.69) is 17.1 Å². The molecule has 0 amide bonds. The number of para-hydroxylation sites is 1. The Hall–Kier alpha value is -1.24. The van der Waals surface area contributed by atoms with Gasteiger partial charge in [-0.15, -0.1) is 10.2 Å². The van der Waals surface area contributed by atoms with E-state index in [-0.39, 0.29) is 0 Å². The van der Waals surface area contributed by atoms with E-state index < -0.39 is 0 Å². The lowest BCUT2D eigenvalue weighted by molar-refractivity contribution is 0.896. The van der Waals surface area contributed by atoms with Gasteiger partial charge in [0.05, 0.1) is 5.69 Å². The van der Waals surface area contributed by atoms with Crippen LogP contribution in [0.1, 0.15) is 19.8 Å². The predicted molar refractivity (Wildman–Crippen MR) is 96.3 cm³/mol. The number of anilines is 2. The van der Waals surface area contributed by atoms with Crippen molar-refractivity contribution in [3.63, 3.8) is 0 Å². The summed E-state index contributed by atoms with van der Waals surface area (Å²) >= 11 is 9.32. The van der Waals surface area contributed by atoms with Crippen molar-refractivity contribution in [1.82, 2.24) is 10.2 Å². The van der Waals surface area contributed by atoms with E-state index in [4.69, 9.17) is 16.7 Å². The number of aromatic nitrogens is 2. The van der Waals surface area contributed by atoms with Crippen LogP contribution in [-0.4, -0.2) is 20.3 Å². The molecule has 2 heterocycles. The fourth-order valence-electron chi connectivity index (χ4n) is 1.94. The minimum absolute atomic E-state index is 0.373. The smallest absolute Gasteiger partial charge is 0.157 e. The second kappa shape index (κ2) is 7.35. The third-order valence-corrected chi connectivity index (χ3v) is 5.38. The van der Waals surface area contributed by atoms with Gasteiger partial charge >= 0.3 is 0 Å². The number of hydrogen-bond acceptors (Lipinski definition) is 6. The van der Waals surface area contributed by atoms with Gasteiger partial charge in [0.25, 0.3) is 0 Å². The first-order valence-corrected chi connectivity index (χ1v) is 9.23. The zero-order valence-electron chi connectivity index (χ0n) is 12.1. The van der Waals surface area contributed by atoms with E-state index in [0.717, 1.165) is 26.5 Å². The summed E-state index contributed by atoms with van der Waals surface area (Å²) < 4.78 is 0.987. The van der Waals surface area contributed by atoms with Gasteiger partial charge in [0.1, 0.15) is 5.69 Å². The van der Waals surface area contributed by atoms with Crippen LogP contribution in [0.15, 0.2) is 46.5 Å². The van der Waals surface area contributed by atoms with Gasteiger partial charge in [0.2, 0.25) is 0 Å². The van der Waals surface area contributed by atoms with Crippen molar-refractivity contribution in [2.75, 3.05) is 10.8 Å². The van der Waals surface area contributed by atoms with Crippen molar-refractivity contribution in [1.29, 1.82) is 0 Å². The molecule has 4 nitrogen and oxygen atoms in total. The summed E-state index contributed by atoms with van der Waals surface area (Å²) in [5.74, 6) is 1.06. The molecule has 0 aliphatic carbocycles. The monoisotopic (exact) mass is 350 g/mol. The molecule has 0 saturated carbocycles. The number of nitrogens with zero attached hydrogens (tertiary/aromatic N) is 4. The number of hydrazone groups is 1. The maximum absolute atomic E-state index is 6.00. The standard InChI is InChI=1S/C15H15ClN4S2/c1-2-3-9-21-15-19-20(11-7-5-4-6-8-11)12-10-13(16)17-18-14(12)22-15/h4-8,10H,2-3,9H2,1H3. The molecule has 1 aliphatic rings. The molecule has 3 rings (SSSR count). The lowest BCUT2D eigenvalue weighted by atomic mass is 10.3. The van der Waals surface area contributed by atoms with Gasteiger partial charge in [-0.1, -0.05) is 54.9 Å². The van der Waals surface area contributed by atoms with E-state index in [0.29, 0.717) is 5.15 Å². The van der Waals surface area contributed by atoms with E-state index in [1.807, 2.05) is 35.3 Å². The number of rotatable bonds is 4. The van der Waals surface area contributed by atoms with Gasteiger partial charge in [-0.25, -0.2) is 5.01 Å². The molecule has 114 valence electrons. The van der Waals surface area contributed by atoms with Crippen molar-refractivity contribution in [3.8, 4) is 0 Å². The van der Waals surface area contributed by atoms with Gasteiger partial charge < -0.3 is 0 Å². The maximum atomic E-state index is 6.00. The average Bonchev–Trinajstić information content (AvgIpc) is 2.55. The third kappa shape index (κ3) is 3.56. The number of fused-ring (bicyclic) bond motifs is 1. The third-order valence-electron chi connectivity index (χ3n) is 3.03. The molecular weight excluding hydrogens is 336 g/mol. The van der Waals surface area contributed by atoms with Crippen molar-refractivity contribution in [2.45, 2.75) is 24.8 Å². The highest BCUT2D eigenvalue weighted by Gasteiger charge is 2.24. The molecule has 7 heteroatoms. The fraction of sp³-hybridized carbons (Fsp3) is 0.267. The second-order valence-electron chi connectivity index (χ2n) is 4.67. The van der Waals surface area contributed by atoms with Crippen molar-refractivity contribution < 1.29 is 0 Å². The highest BCUT2D eigenvalue weighted by atomic mass is 35.5. The van der Waals surface area contributed by atoms with Crippen LogP contribution in [0, 0.1) is 0 Å². The molecule has 2 aromatic rings. The molecule has 0 radical (unpaired) electrons. The fourth-order valence-corrected chi connectivity index (χ4v) is 4.17. The highest BCUT2D eigenvalue weighted by molar-refractivity contribution is 8.39. The zero-order chi connectivity index (χ0) is 15.4. The summed E-state index contributed by atoms with van der Waals surface area (Å²) in [5.41, 5.74) is 1.86. The van der Waals surface area contributed by atoms with Crippen LogP contribution in [0.25, 0.3) is 0 Å². The minimum atomic E-state index is 0.373. The Morgan fingerprint density at radius 2 is 2.05 bits per heavy atom. The Balaban J connectivity index is 1.95. The molecule has 1 aliphatic heterocycles. The molecule has 0 spiro atoms. The van der Waals surface area contributed by atoms with E-state index in [1.54, 1.807) is 29.6 Å². The predicted octanol–water partition coefficient (Wildman–Crippen LogP) is 5.18. The molecule has 0 saturated heterocycles. The Bertz CT molecular complexity index is 678. The summed E-state index contributed by atoms with van der Waals surface area (Å²) in [6, 6.07) is 11.8. The summed E-state index contributed by atoms with van der Waals surface area (Å²) in [4.78, 5) is 0. The number of hydrogen-bond donors (Lipinski definition) is 0. The van der Waals surface area contributed by atoms with Crippen molar-refractivity contribution >= 4 is 50.9 Å². The van der Waals surface area contributed by atoms with Crippen LogP contribution in [0.2, 0.25) is 5.15 Å². The normalized spacial score (nSPS) is 13.7. The highest BCUT2D eigenvalue weighted by Crippen LogP contribution is 2.41. The first kappa shape index (κ1) is 15.6. The van der Waals surface area contributed by atoms with Crippen molar-refractivity contribution in [3.05, 3.63) is 41.6 Å². The molecule has 1 aromatic carbocycles. The first-order valence-electron chi connectivity index (χ1n) is 7.05. The van der Waals surface area contributed by atoms with Crippen LogP contribution in [0.3, 0.4) is 0 Å². The maximum Gasteiger partial charge on any atom is 0.157 e. The molecule has 0 bridgehead atoms. The molecular formula is C15H15ClN4S2. The molecule has 0 atom stereocenters. The SMILES string of the molecule is CCCCSC1=NN(c2ccccc2)c2cc(Cl)nnc2S1. The van der Waals surface area contributed by atoms with Crippen LogP contribution in [0.5, 0.6) is 0 Å². The lowest BCUT2D eigenvalue weighted by Gasteiger charge is -2.25.